The number of unbranched alkanes of at least 4 members (excludes halogenated alkanes) is 3. The molecule has 0 bridgehead atoms. The van der Waals surface area contributed by atoms with Crippen molar-refractivity contribution in [2.45, 2.75) is 32.1 Å². The Morgan fingerprint density at radius 1 is 1.00 bits per heavy atom. The summed E-state index contributed by atoms with van der Waals surface area (Å²) in [5.74, 6) is -0.0186. The van der Waals surface area contributed by atoms with Crippen LogP contribution >= 0.6 is 0 Å². The summed E-state index contributed by atoms with van der Waals surface area (Å²) in [5.41, 5.74) is 1.29. The fourth-order valence-electron chi connectivity index (χ4n) is 1.79. The van der Waals surface area contributed by atoms with Crippen LogP contribution in [0.15, 0.2) is 24.3 Å². The monoisotopic (exact) mass is 276 g/mol. The van der Waals surface area contributed by atoms with Crippen LogP contribution in [0.4, 0.5) is 5.69 Å². The minimum Gasteiger partial charge on any atom is -0.359 e. The lowest BCUT2D eigenvalue weighted by Gasteiger charge is -2.05. The van der Waals surface area contributed by atoms with Gasteiger partial charge in [0.25, 0.3) is 0 Å². The third kappa shape index (κ3) is 6.68. The van der Waals surface area contributed by atoms with Crippen molar-refractivity contribution >= 4 is 24.3 Å². The van der Waals surface area contributed by atoms with Gasteiger partial charge in [-0.2, -0.15) is 0 Å². The summed E-state index contributed by atoms with van der Waals surface area (Å²) in [7, 11) is 0. The summed E-state index contributed by atoms with van der Waals surface area (Å²) in [6.45, 7) is 0.693. The van der Waals surface area contributed by atoms with Crippen molar-refractivity contribution in [3.8, 4) is 0 Å². The first kappa shape index (κ1) is 15.9. The second kappa shape index (κ2) is 9.72. The second-order valence-corrected chi connectivity index (χ2v) is 4.52. The molecule has 0 aliphatic rings. The number of hydrogen-bond acceptors (Lipinski definition) is 3. The molecular formula is C15H20N2O3. The highest BCUT2D eigenvalue weighted by atomic mass is 16.1. The summed E-state index contributed by atoms with van der Waals surface area (Å²) in [6, 6.07) is 6.77. The van der Waals surface area contributed by atoms with Crippen LogP contribution in [0.2, 0.25) is 0 Å². The van der Waals surface area contributed by atoms with Crippen molar-refractivity contribution in [3.63, 3.8) is 0 Å². The molecule has 108 valence electrons. The van der Waals surface area contributed by atoms with Gasteiger partial charge < -0.3 is 10.6 Å². The van der Waals surface area contributed by atoms with Crippen molar-refractivity contribution in [1.82, 2.24) is 5.32 Å². The zero-order chi connectivity index (χ0) is 14.6. The summed E-state index contributed by atoms with van der Waals surface area (Å²) >= 11 is 0. The van der Waals surface area contributed by atoms with Crippen LogP contribution in [0, 0.1) is 0 Å². The van der Waals surface area contributed by atoms with Gasteiger partial charge in [-0.25, -0.2) is 0 Å². The average Bonchev–Trinajstić information content (AvgIpc) is 2.47. The Morgan fingerprint density at radius 2 is 1.70 bits per heavy atom. The summed E-state index contributed by atoms with van der Waals surface area (Å²) in [6.07, 6.45) is 5.69. The Hall–Kier alpha value is -2.17. The molecule has 2 amide bonds. The van der Waals surface area contributed by atoms with Gasteiger partial charge in [-0.05, 0) is 37.1 Å². The predicted octanol–water partition coefficient (Wildman–Crippen LogP) is 2.13. The SMILES string of the molecule is O=CNCCCCCCC(=O)Nc1ccc(C=O)cc1. The lowest BCUT2D eigenvalue weighted by Crippen LogP contribution is -2.12. The predicted molar refractivity (Wildman–Crippen MR) is 77.6 cm³/mol. The van der Waals surface area contributed by atoms with Crippen molar-refractivity contribution < 1.29 is 14.4 Å². The van der Waals surface area contributed by atoms with E-state index < -0.39 is 0 Å². The third-order valence-electron chi connectivity index (χ3n) is 2.89. The maximum Gasteiger partial charge on any atom is 0.224 e. The molecule has 0 fully saturated rings. The Morgan fingerprint density at radius 3 is 2.35 bits per heavy atom. The summed E-state index contributed by atoms with van der Waals surface area (Å²) < 4.78 is 0. The Kier molecular flexibility index (Phi) is 7.72. The molecule has 5 heteroatoms. The Balaban J connectivity index is 2.13. The number of carbonyl (C=O) groups is 3. The van der Waals surface area contributed by atoms with Gasteiger partial charge >= 0.3 is 0 Å². The molecule has 20 heavy (non-hydrogen) atoms. The molecule has 5 nitrogen and oxygen atoms in total. The molecule has 2 N–H and O–H groups in total. The van der Waals surface area contributed by atoms with Crippen LogP contribution in [0.3, 0.4) is 0 Å². The lowest BCUT2D eigenvalue weighted by molar-refractivity contribution is -0.116. The molecule has 0 saturated carbocycles. The fourth-order valence-corrected chi connectivity index (χ4v) is 1.79. The maximum absolute atomic E-state index is 11.7. The first-order valence-corrected chi connectivity index (χ1v) is 6.78. The van der Waals surface area contributed by atoms with Crippen molar-refractivity contribution in [2.24, 2.45) is 0 Å². The smallest absolute Gasteiger partial charge is 0.224 e. The highest BCUT2D eigenvalue weighted by molar-refractivity contribution is 5.91. The maximum atomic E-state index is 11.7. The van der Waals surface area contributed by atoms with Crippen molar-refractivity contribution in [3.05, 3.63) is 29.8 Å². The van der Waals surface area contributed by atoms with E-state index in [1.54, 1.807) is 24.3 Å². The molecule has 1 rings (SSSR count). The van der Waals surface area contributed by atoms with Crippen LogP contribution in [0.25, 0.3) is 0 Å². The highest BCUT2D eigenvalue weighted by Crippen LogP contribution is 2.10. The van der Waals surface area contributed by atoms with E-state index in [1.165, 1.54) is 0 Å². The average molecular weight is 276 g/mol. The molecule has 1 aromatic rings. The Bertz CT molecular complexity index is 429. The molecule has 0 unspecified atom stereocenters. The van der Waals surface area contributed by atoms with E-state index in [2.05, 4.69) is 10.6 Å². The number of nitrogens with one attached hydrogen (secondary N) is 2. The molecule has 1 aromatic carbocycles. The zero-order valence-corrected chi connectivity index (χ0v) is 11.4. The second-order valence-electron chi connectivity index (χ2n) is 4.52. The first-order valence-electron chi connectivity index (χ1n) is 6.78. The van der Waals surface area contributed by atoms with Gasteiger partial charge in [-0.15, -0.1) is 0 Å². The van der Waals surface area contributed by atoms with Gasteiger partial charge in [0.15, 0.2) is 0 Å². The van der Waals surface area contributed by atoms with E-state index in [1.807, 2.05) is 0 Å². The number of aldehydes is 1. The normalized spacial score (nSPS) is 9.80. The van der Waals surface area contributed by atoms with E-state index in [0.29, 0.717) is 30.6 Å². The summed E-state index contributed by atoms with van der Waals surface area (Å²) in [4.78, 5) is 32.2. The molecule has 0 saturated heterocycles. The van der Waals surface area contributed by atoms with Gasteiger partial charge in [0, 0.05) is 24.2 Å². The van der Waals surface area contributed by atoms with Crippen molar-refractivity contribution in [1.29, 1.82) is 0 Å². The molecule has 0 heterocycles. The minimum absolute atomic E-state index is 0.0186. The van der Waals surface area contributed by atoms with Crippen LogP contribution in [-0.4, -0.2) is 25.1 Å². The van der Waals surface area contributed by atoms with Gasteiger partial charge in [0.2, 0.25) is 12.3 Å². The molecule has 0 spiro atoms. The lowest BCUT2D eigenvalue weighted by atomic mass is 10.1. The molecular weight excluding hydrogens is 256 g/mol. The van der Waals surface area contributed by atoms with Crippen LogP contribution in [-0.2, 0) is 9.59 Å². The standard InChI is InChI=1S/C15H20N2O3/c18-11-13-6-8-14(9-7-13)17-15(20)5-3-1-2-4-10-16-12-19/h6-9,11-12H,1-5,10H2,(H,16,19)(H,17,20). The number of anilines is 1. The number of rotatable bonds is 10. The number of hydrogen-bond donors (Lipinski definition) is 2. The van der Waals surface area contributed by atoms with Crippen LogP contribution in [0.5, 0.6) is 0 Å². The molecule has 0 atom stereocenters. The van der Waals surface area contributed by atoms with E-state index >= 15 is 0 Å². The first-order chi connectivity index (χ1) is 9.76. The number of benzene rings is 1. The largest absolute Gasteiger partial charge is 0.359 e. The number of carbonyl (C=O) groups excluding carboxylic acids is 3. The summed E-state index contributed by atoms with van der Waals surface area (Å²) in [5, 5.41) is 5.40. The van der Waals surface area contributed by atoms with Gasteiger partial charge in [-0.3, -0.25) is 14.4 Å². The van der Waals surface area contributed by atoms with Crippen LogP contribution in [0.1, 0.15) is 42.5 Å². The molecule has 0 radical (unpaired) electrons. The highest BCUT2D eigenvalue weighted by Gasteiger charge is 2.02. The molecule has 0 aliphatic carbocycles. The molecule has 0 aromatic heterocycles. The van der Waals surface area contributed by atoms with E-state index in [-0.39, 0.29) is 5.91 Å². The minimum atomic E-state index is -0.0186. The van der Waals surface area contributed by atoms with Gasteiger partial charge in [0.1, 0.15) is 6.29 Å². The number of amides is 2. The molecule has 0 aliphatic heterocycles. The van der Waals surface area contributed by atoms with E-state index in [9.17, 15) is 14.4 Å². The van der Waals surface area contributed by atoms with E-state index in [0.717, 1.165) is 32.0 Å². The third-order valence-corrected chi connectivity index (χ3v) is 2.89. The topological polar surface area (TPSA) is 75.3 Å². The van der Waals surface area contributed by atoms with Gasteiger partial charge in [0.05, 0.1) is 0 Å². The van der Waals surface area contributed by atoms with Crippen LogP contribution < -0.4 is 10.6 Å². The van der Waals surface area contributed by atoms with E-state index in [4.69, 9.17) is 0 Å². The Labute approximate surface area is 118 Å². The van der Waals surface area contributed by atoms with Crippen molar-refractivity contribution in [2.75, 3.05) is 11.9 Å². The zero-order valence-electron chi connectivity index (χ0n) is 11.4. The van der Waals surface area contributed by atoms with Gasteiger partial charge in [-0.1, -0.05) is 12.8 Å². The fraction of sp³-hybridized carbons (Fsp3) is 0.400. The quantitative estimate of drug-likeness (QED) is 0.508.